The van der Waals surface area contributed by atoms with Crippen LogP contribution in [0.1, 0.15) is 33.9 Å². The van der Waals surface area contributed by atoms with Crippen LogP contribution >= 0.6 is 22.9 Å². The number of sulfonamides is 1. The molecule has 0 unspecified atom stereocenters. The summed E-state index contributed by atoms with van der Waals surface area (Å²) in [5, 5.41) is 5.69. The van der Waals surface area contributed by atoms with Gasteiger partial charge in [-0.25, -0.2) is 17.8 Å². The molecule has 31 heavy (non-hydrogen) atoms. The van der Waals surface area contributed by atoms with Crippen molar-refractivity contribution < 1.29 is 17.6 Å². The molecular formula is C21H21ClFN3O3S2. The molecule has 1 amide bonds. The highest BCUT2D eigenvalue weighted by Gasteiger charge is 2.16. The van der Waals surface area contributed by atoms with Crippen LogP contribution in [0.5, 0.6) is 0 Å². The summed E-state index contributed by atoms with van der Waals surface area (Å²) in [6.07, 6.45) is 2.66. The minimum atomic E-state index is -3.93. The van der Waals surface area contributed by atoms with Crippen molar-refractivity contribution in [2.75, 3.05) is 11.3 Å². The molecule has 2 N–H and O–H groups in total. The molecule has 3 aromatic rings. The van der Waals surface area contributed by atoms with Crippen LogP contribution in [0.3, 0.4) is 0 Å². The fourth-order valence-electron chi connectivity index (χ4n) is 2.77. The number of halogens is 2. The van der Waals surface area contributed by atoms with E-state index in [0.717, 1.165) is 48.2 Å². The molecule has 0 aliphatic heterocycles. The molecule has 10 heteroatoms. The van der Waals surface area contributed by atoms with Gasteiger partial charge in [0.1, 0.15) is 5.82 Å². The number of carbonyl (C=O) groups is 1. The van der Waals surface area contributed by atoms with Crippen LogP contribution in [-0.2, 0) is 16.4 Å². The van der Waals surface area contributed by atoms with Crippen LogP contribution in [0.2, 0.25) is 5.02 Å². The summed E-state index contributed by atoms with van der Waals surface area (Å²) in [6, 6.07) is 9.19. The lowest BCUT2D eigenvalue weighted by atomic mass is 10.2. The highest BCUT2D eigenvalue weighted by molar-refractivity contribution is 7.92. The second kappa shape index (κ2) is 10.2. The number of amides is 1. The van der Waals surface area contributed by atoms with Crippen molar-refractivity contribution in [3.8, 4) is 0 Å². The Morgan fingerprint density at radius 2 is 1.90 bits per heavy atom. The molecule has 0 saturated heterocycles. The Morgan fingerprint density at radius 3 is 2.55 bits per heavy atom. The largest absolute Gasteiger partial charge is 0.352 e. The molecule has 1 aromatic heterocycles. The number of unbranched alkanes of at least 4 members (excludes halogenated alkanes) is 1. The van der Waals surface area contributed by atoms with E-state index >= 15 is 0 Å². The van der Waals surface area contributed by atoms with Gasteiger partial charge in [0.25, 0.3) is 15.9 Å². The van der Waals surface area contributed by atoms with Crippen molar-refractivity contribution in [1.82, 2.24) is 10.3 Å². The number of aromatic nitrogens is 1. The van der Waals surface area contributed by atoms with E-state index < -0.39 is 15.8 Å². The fraction of sp³-hybridized carbons (Fsp3) is 0.238. The normalized spacial score (nSPS) is 11.3. The summed E-state index contributed by atoms with van der Waals surface area (Å²) in [6.45, 7) is 2.51. The predicted molar refractivity (Wildman–Crippen MR) is 121 cm³/mol. The third kappa shape index (κ3) is 6.49. The molecule has 0 atom stereocenters. The van der Waals surface area contributed by atoms with Gasteiger partial charge in [-0.3, -0.25) is 9.52 Å². The average molecular weight is 482 g/mol. The maximum Gasteiger partial charge on any atom is 0.261 e. The third-order valence-electron chi connectivity index (χ3n) is 4.37. The summed E-state index contributed by atoms with van der Waals surface area (Å²) >= 11 is 7.30. The van der Waals surface area contributed by atoms with Gasteiger partial charge < -0.3 is 5.32 Å². The van der Waals surface area contributed by atoms with Crippen LogP contribution in [-0.4, -0.2) is 25.9 Å². The summed E-state index contributed by atoms with van der Waals surface area (Å²) in [4.78, 5) is 16.5. The van der Waals surface area contributed by atoms with E-state index in [1.165, 1.54) is 24.3 Å². The average Bonchev–Trinajstić information content (AvgIpc) is 3.15. The van der Waals surface area contributed by atoms with Crippen LogP contribution < -0.4 is 10.0 Å². The molecule has 6 nitrogen and oxygen atoms in total. The Bertz CT molecular complexity index is 1160. The Labute approximate surface area is 189 Å². The van der Waals surface area contributed by atoms with Crippen LogP contribution in [0.25, 0.3) is 0 Å². The van der Waals surface area contributed by atoms with Crippen LogP contribution in [0.15, 0.2) is 52.7 Å². The standard InChI is InChI=1S/C21H21ClFN3O3S2/c1-14-13-30-20(25-14)4-2-3-11-24-21(27)15-5-7-16(8-6-15)26-31(28,29)17-9-10-19(23)18(22)12-17/h5-10,12-13,26H,2-4,11H2,1H3,(H,24,27). The molecule has 0 aliphatic rings. The monoisotopic (exact) mass is 481 g/mol. The molecule has 0 spiro atoms. The van der Waals surface area contributed by atoms with Crippen molar-refractivity contribution in [3.63, 3.8) is 0 Å². The molecule has 0 bridgehead atoms. The molecule has 2 aromatic carbocycles. The first-order chi connectivity index (χ1) is 14.7. The van der Waals surface area contributed by atoms with E-state index in [-0.39, 0.29) is 21.5 Å². The van der Waals surface area contributed by atoms with Crippen molar-refractivity contribution in [2.45, 2.75) is 31.1 Å². The minimum absolute atomic E-state index is 0.159. The number of rotatable bonds is 9. The first kappa shape index (κ1) is 23.2. The minimum Gasteiger partial charge on any atom is -0.352 e. The van der Waals surface area contributed by atoms with Crippen molar-refractivity contribution in [3.05, 3.63) is 74.9 Å². The van der Waals surface area contributed by atoms with Crippen molar-refractivity contribution in [1.29, 1.82) is 0 Å². The van der Waals surface area contributed by atoms with Gasteiger partial charge >= 0.3 is 0 Å². The lowest BCUT2D eigenvalue weighted by Crippen LogP contribution is -2.24. The number of thiazole rings is 1. The van der Waals surface area contributed by atoms with Gasteiger partial charge in [-0.05, 0) is 68.7 Å². The maximum absolute atomic E-state index is 13.3. The highest BCUT2D eigenvalue weighted by Crippen LogP contribution is 2.22. The molecule has 3 rings (SSSR count). The van der Waals surface area contributed by atoms with Crippen LogP contribution in [0, 0.1) is 12.7 Å². The Morgan fingerprint density at radius 1 is 1.16 bits per heavy atom. The van der Waals surface area contributed by atoms with Gasteiger partial charge in [0.2, 0.25) is 0 Å². The topological polar surface area (TPSA) is 88.2 Å². The van der Waals surface area contributed by atoms with Crippen molar-refractivity contribution >= 4 is 44.6 Å². The van der Waals surface area contributed by atoms with Gasteiger partial charge in [-0.1, -0.05) is 11.6 Å². The highest BCUT2D eigenvalue weighted by atomic mass is 35.5. The number of nitrogens with one attached hydrogen (secondary N) is 2. The number of hydrogen-bond donors (Lipinski definition) is 2. The summed E-state index contributed by atoms with van der Waals surface area (Å²) in [5.41, 5.74) is 1.72. The van der Waals surface area contributed by atoms with E-state index in [4.69, 9.17) is 11.6 Å². The van der Waals surface area contributed by atoms with E-state index in [1.807, 2.05) is 12.3 Å². The predicted octanol–water partition coefficient (Wildman–Crippen LogP) is 4.80. The van der Waals surface area contributed by atoms with Gasteiger partial charge in [0.15, 0.2) is 0 Å². The lowest BCUT2D eigenvalue weighted by Gasteiger charge is -2.10. The molecule has 0 radical (unpaired) electrons. The summed E-state index contributed by atoms with van der Waals surface area (Å²) in [7, 11) is -3.93. The van der Waals surface area contributed by atoms with Gasteiger partial charge in [0.05, 0.1) is 14.9 Å². The third-order valence-corrected chi connectivity index (χ3v) is 7.07. The van der Waals surface area contributed by atoms with Gasteiger partial charge in [-0.2, -0.15) is 0 Å². The van der Waals surface area contributed by atoms with E-state index in [1.54, 1.807) is 11.3 Å². The molecule has 0 fully saturated rings. The van der Waals surface area contributed by atoms with E-state index in [2.05, 4.69) is 15.0 Å². The smallest absolute Gasteiger partial charge is 0.261 e. The molecular weight excluding hydrogens is 461 g/mol. The zero-order valence-corrected chi connectivity index (χ0v) is 19.1. The number of nitrogens with zero attached hydrogens (tertiary/aromatic N) is 1. The van der Waals surface area contributed by atoms with Gasteiger partial charge in [-0.15, -0.1) is 11.3 Å². The second-order valence-corrected chi connectivity index (χ2v) is 9.89. The number of benzene rings is 2. The molecule has 164 valence electrons. The van der Waals surface area contributed by atoms with Crippen LogP contribution in [0.4, 0.5) is 10.1 Å². The zero-order valence-electron chi connectivity index (χ0n) is 16.7. The van der Waals surface area contributed by atoms with E-state index in [0.29, 0.717) is 12.1 Å². The van der Waals surface area contributed by atoms with Crippen molar-refractivity contribution in [2.24, 2.45) is 0 Å². The first-order valence-electron chi connectivity index (χ1n) is 9.52. The lowest BCUT2D eigenvalue weighted by molar-refractivity contribution is 0.0953. The maximum atomic E-state index is 13.3. The zero-order chi connectivity index (χ0) is 22.4. The summed E-state index contributed by atoms with van der Waals surface area (Å²) < 4.78 is 40.5. The fourth-order valence-corrected chi connectivity index (χ4v) is 4.92. The number of anilines is 1. The molecule has 0 saturated carbocycles. The number of hydrogen-bond acceptors (Lipinski definition) is 5. The Kier molecular flexibility index (Phi) is 7.64. The number of carbonyl (C=O) groups excluding carboxylic acids is 1. The second-order valence-electron chi connectivity index (χ2n) is 6.85. The quantitative estimate of drug-likeness (QED) is 0.430. The molecule has 1 heterocycles. The number of aryl methyl sites for hydroxylation is 2. The Hall–Kier alpha value is -2.49. The molecule has 0 aliphatic carbocycles. The Balaban J connectivity index is 1.49. The SMILES string of the molecule is Cc1csc(CCCCNC(=O)c2ccc(NS(=O)(=O)c3ccc(F)c(Cl)c3)cc2)n1. The summed E-state index contributed by atoms with van der Waals surface area (Å²) in [5.74, 6) is -0.931. The first-order valence-corrected chi connectivity index (χ1v) is 12.3. The van der Waals surface area contributed by atoms with Gasteiger partial charge in [0, 0.05) is 28.9 Å². The van der Waals surface area contributed by atoms with E-state index in [9.17, 15) is 17.6 Å².